The van der Waals surface area contributed by atoms with Gasteiger partial charge in [-0.1, -0.05) is 17.7 Å². The second-order valence-corrected chi connectivity index (χ2v) is 4.81. The third-order valence-corrected chi connectivity index (χ3v) is 2.99. The standard InChI is InChI=1S/C16H15ClN2O3/c1-2-22-15-8-11(6-7-14(15)20)10-18-19-16(21)12-4-3-5-13(17)9-12/h3-10,20H,2H2,1H3,(H,19,21)/b18-10+. The highest BCUT2D eigenvalue weighted by atomic mass is 35.5. The second kappa shape index (κ2) is 7.47. The smallest absolute Gasteiger partial charge is 0.271 e. The first-order valence-electron chi connectivity index (χ1n) is 6.65. The summed E-state index contributed by atoms with van der Waals surface area (Å²) in [4.78, 5) is 11.9. The van der Waals surface area contributed by atoms with E-state index < -0.39 is 0 Å². The Morgan fingerprint density at radius 1 is 1.36 bits per heavy atom. The molecule has 0 aliphatic rings. The largest absolute Gasteiger partial charge is 0.504 e. The van der Waals surface area contributed by atoms with Gasteiger partial charge >= 0.3 is 0 Å². The van der Waals surface area contributed by atoms with Crippen LogP contribution in [0.5, 0.6) is 11.5 Å². The Kier molecular flexibility index (Phi) is 5.38. The van der Waals surface area contributed by atoms with Gasteiger partial charge in [0.25, 0.3) is 5.91 Å². The number of hydrogen-bond donors (Lipinski definition) is 2. The number of phenolic OH excluding ortho intramolecular Hbond substituents is 1. The zero-order valence-electron chi connectivity index (χ0n) is 11.9. The molecule has 0 unspecified atom stereocenters. The number of amides is 1. The highest BCUT2D eigenvalue weighted by Gasteiger charge is 2.05. The van der Waals surface area contributed by atoms with Gasteiger partial charge in [0.15, 0.2) is 11.5 Å². The molecular formula is C16H15ClN2O3. The molecule has 0 aliphatic carbocycles. The Bertz CT molecular complexity index is 702. The number of ether oxygens (including phenoxy) is 1. The van der Waals surface area contributed by atoms with Crippen LogP contribution in [0.3, 0.4) is 0 Å². The van der Waals surface area contributed by atoms with Crippen molar-refractivity contribution in [1.29, 1.82) is 0 Å². The lowest BCUT2D eigenvalue weighted by Gasteiger charge is -2.06. The number of rotatable bonds is 5. The van der Waals surface area contributed by atoms with Gasteiger partial charge in [0.1, 0.15) is 0 Å². The van der Waals surface area contributed by atoms with E-state index in [0.29, 0.717) is 28.5 Å². The molecule has 0 aliphatic heterocycles. The van der Waals surface area contributed by atoms with E-state index in [1.807, 2.05) is 6.92 Å². The number of nitrogens with zero attached hydrogens (tertiary/aromatic N) is 1. The highest BCUT2D eigenvalue weighted by molar-refractivity contribution is 6.30. The zero-order valence-corrected chi connectivity index (χ0v) is 12.7. The number of phenols is 1. The van der Waals surface area contributed by atoms with Crippen LogP contribution < -0.4 is 10.2 Å². The molecule has 0 saturated heterocycles. The molecule has 2 aromatic carbocycles. The monoisotopic (exact) mass is 318 g/mol. The molecule has 0 spiro atoms. The van der Waals surface area contributed by atoms with Gasteiger partial charge in [0.05, 0.1) is 12.8 Å². The van der Waals surface area contributed by atoms with E-state index in [0.717, 1.165) is 0 Å². The summed E-state index contributed by atoms with van der Waals surface area (Å²) in [5.74, 6) is 0.0668. The molecule has 6 heteroatoms. The number of hydrazone groups is 1. The first-order valence-corrected chi connectivity index (χ1v) is 7.02. The van der Waals surface area contributed by atoms with Crippen LogP contribution >= 0.6 is 11.6 Å². The summed E-state index contributed by atoms with van der Waals surface area (Å²) in [5, 5.41) is 14.0. The lowest BCUT2D eigenvalue weighted by atomic mass is 10.2. The van der Waals surface area contributed by atoms with Crippen LogP contribution in [0.15, 0.2) is 47.6 Å². The topological polar surface area (TPSA) is 70.9 Å². The molecule has 2 aromatic rings. The number of nitrogens with one attached hydrogen (secondary N) is 1. The summed E-state index contributed by atoms with van der Waals surface area (Å²) >= 11 is 5.82. The van der Waals surface area contributed by atoms with Crippen molar-refractivity contribution in [2.75, 3.05) is 6.61 Å². The Labute approximate surface area is 133 Å². The van der Waals surface area contributed by atoms with Crippen molar-refractivity contribution in [2.45, 2.75) is 6.92 Å². The van der Waals surface area contributed by atoms with Gasteiger partial charge in [-0.3, -0.25) is 4.79 Å². The van der Waals surface area contributed by atoms with Gasteiger partial charge in [-0.15, -0.1) is 0 Å². The van der Waals surface area contributed by atoms with E-state index in [9.17, 15) is 9.90 Å². The van der Waals surface area contributed by atoms with E-state index in [1.165, 1.54) is 12.3 Å². The average Bonchev–Trinajstić information content (AvgIpc) is 2.50. The van der Waals surface area contributed by atoms with Gasteiger partial charge in [-0.05, 0) is 48.9 Å². The highest BCUT2D eigenvalue weighted by Crippen LogP contribution is 2.26. The Morgan fingerprint density at radius 3 is 2.91 bits per heavy atom. The number of carbonyl (C=O) groups excluding carboxylic acids is 1. The third-order valence-electron chi connectivity index (χ3n) is 2.75. The Hall–Kier alpha value is -2.53. The molecule has 0 aromatic heterocycles. The first-order chi connectivity index (χ1) is 10.6. The number of aromatic hydroxyl groups is 1. The van der Waals surface area contributed by atoms with Crippen LogP contribution in [0, 0.1) is 0 Å². The van der Waals surface area contributed by atoms with Crippen LogP contribution in [-0.4, -0.2) is 23.8 Å². The molecular weight excluding hydrogens is 304 g/mol. The molecule has 2 rings (SSSR count). The predicted molar refractivity (Wildman–Crippen MR) is 85.8 cm³/mol. The molecule has 22 heavy (non-hydrogen) atoms. The van der Waals surface area contributed by atoms with Crippen LogP contribution in [-0.2, 0) is 0 Å². The Balaban J connectivity index is 2.03. The average molecular weight is 319 g/mol. The predicted octanol–water partition coefficient (Wildman–Crippen LogP) is 3.21. The minimum atomic E-state index is -0.359. The van der Waals surface area contributed by atoms with E-state index in [1.54, 1.807) is 36.4 Å². The molecule has 114 valence electrons. The van der Waals surface area contributed by atoms with Crippen molar-refractivity contribution >= 4 is 23.7 Å². The maximum Gasteiger partial charge on any atom is 0.271 e. The van der Waals surface area contributed by atoms with Crippen molar-refractivity contribution in [3.63, 3.8) is 0 Å². The van der Waals surface area contributed by atoms with E-state index in [-0.39, 0.29) is 11.7 Å². The number of carbonyl (C=O) groups is 1. The zero-order chi connectivity index (χ0) is 15.9. The van der Waals surface area contributed by atoms with Crippen molar-refractivity contribution in [1.82, 2.24) is 5.43 Å². The lowest BCUT2D eigenvalue weighted by molar-refractivity contribution is 0.0955. The maximum atomic E-state index is 11.9. The Morgan fingerprint density at radius 2 is 2.18 bits per heavy atom. The van der Waals surface area contributed by atoms with Gasteiger partial charge < -0.3 is 9.84 Å². The van der Waals surface area contributed by atoms with Crippen LogP contribution in [0.25, 0.3) is 0 Å². The van der Waals surface area contributed by atoms with Crippen molar-refractivity contribution < 1.29 is 14.6 Å². The minimum Gasteiger partial charge on any atom is -0.504 e. The van der Waals surface area contributed by atoms with E-state index in [4.69, 9.17) is 16.3 Å². The fourth-order valence-corrected chi connectivity index (χ4v) is 1.93. The van der Waals surface area contributed by atoms with Crippen LogP contribution in [0.4, 0.5) is 0 Å². The number of benzene rings is 2. The fourth-order valence-electron chi connectivity index (χ4n) is 1.74. The van der Waals surface area contributed by atoms with Crippen molar-refractivity contribution in [2.24, 2.45) is 5.10 Å². The fraction of sp³-hybridized carbons (Fsp3) is 0.125. The van der Waals surface area contributed by atoms with Gasteiger partial charge in [0.2, 0.25) is 0 Å². The van der Waals surface area contributed by atoms with Gasteiger partial charge in [-0.2, -0.15) is 5.10 Å². The molecule has 0 fully saturated rings. The molecule has 0 radical (unpaired) electrons. The van der Waals surface area contributed by atoms with E-state index in [2.05, 4.69) is 10.5 Å². The third kappa shape index (κ3) is 4.23. The SMILES string of the molecule is CCOc1cc(/C=N/NC(=O)c2cccc(Cl)c2)ccc1O. The van der Waals surface area contributed by atoms with Gasteiger partial charge in [0, 0.05) is 10.6 Å². The summed E-state index contributed by atoms with van der Waals surface area (Å²) in [6, 6.07) is 11.4. The number of halogens is 1. The molecule has 0 atom stereocenters. The molecule has 2 N–H and O–H groups in total. The van der Waals surface area contributed by atoms with Crippen molar-refractivity contribution in [3.8, 4) is 11.5 Å². The molecule has 0 heterocycles. The minimum absolute atomic E-state index is 0.0574. The summed E-state index contributed by atoms with van der Waals surface area (Å²) in [6.45, 7) is 2.27. The van der Waals surface area contributed by atoms with Crippen molar-refractivity contribution in [3.05, 3.63) is 58.6 Å². The molecule has 5 nitrogen and oxygen atoms in total. The summed E-state index contributed by atoms with van der Waals surface area (Å²) < 4.78 is 5.27. The molecule has 0 saturated carbocycles. The van der Waals surface area contributed by atoms with Gasteiger partial charge in [-0.25, -0.2) is 5.43 Å². The van der Waals surface area contributed by atoms with Crippen LogP contribution in [0.1, 0.15) is 22.8 Å². The maximum absolute atomic E-state index is 11.9. The summed E-state index contributed by atoms with van der Waals surface area (Å²) in [6.07, 6.45) is 1.46. The first kappa shape index (κ1) is 15.9. The normalized spacial score (nSPS) is 10.6. The summed E-state index contributed by atoms with van der Waals surface area (Å²) in [5.41, 5.74) is 3.52. The lowest BCUT2D eigenvalue weighted by Crippen LogP contribution is -2.17. The second-order valence-electron chi connectivity index (χ2n) is 4.37. The van der Waals surface area contributed by atoms with Crippen LogP contribution in [0.2, 0.25) is 5.02 Å². The van der Waals surface area contributed by atoms with E-state index >= 15 is 0 Å². The number of hydrogen-bond acceptors (Lipinski definition) is 4. The quantitative estimate of drug-likeness (QED) is 0.657. The molecule has 1 amide bonds. The molecule has 0 bridgehead atoms. The summed E-state index contributed by atoms with van der Waals surface area (Å²) in [7, 11) is 0.